The molecular formula is C17H19N5O3S. The monoisotopic (exact) mass is 373 g/mol. The van der Waals surface area contributed by atoms with Crippen molar-refractivity contribution in [1.29, 1.82) is 0 Å². The molecule has 3 aromatic rings. The number of rotatable bonds is 4. The molecule has 1 N–H and O–H groups in total. The van der Waals surface area contributed by atoms with Crippen LogP contribution in [0.5, 0.6) is 0 Å². The van der Waals surface area contributed by atoms with Gasteiger partial charge in [-0.05, 0) is 18.9 Å². The first-order valence-corrected chi connectivity index (χ1v) is 9.33. The van der Waals surface area contributed by atoms with Gasteiger partial charge in [-0.3, -0.25) is 9.36 Å². The Kier molecular flexibility index (Phi) is 4.39. The minimum Gasteiger partial charge on any atom is -0.480 e. The van der Waals surface area contributed by atoms with E-state index >= 15 is 0 Å². The van der Waals surface area contributed by atoms with Gasteiger partial charge in [0.2, 0.25) is 0 Å². The zero-order valence-electron chi connectivity index (χ0n) is 14.1. The van der Waals surface area contributed by atoms with E-state index in [2.05, 4.69) is 27.7 Å². The first kappa shape index (κ1) is 17.0. The van der Waals surface area contributed by atoms with Crippen molar-refractivity contribution in [2.45, 2.75) is 44.1 Å². The van der Waals surface area contributed by atoms with Crippen molar-refractivity contribution in [1.82, 2.24) is 24.1 Å². The molecule has 0 saturated heterocycles. The molecule has 0 radical (unpaired) electrons. The number of pyridine rings is 1. The van der Waals surface area contributed by atoms with Crippen LogP contribution < -0.4 is 5.56 Å². The predicted octanol–water partition coefficient (Wildman–Crippen LogP) is 2.04. The summed E-state index contributed by atoms with van der Waals surface area (Å²) in [6.45, 7) is 0. The zero-order valence-corrected chi connectivity index (χ0v) is 15.0. The quantitative estimate of drug-likeness (QED) is 0.679. The van der Waals surface area contributed by atoms with Crippen molar-refractivity contribution in [2.24, 2.45) is 0 Å². The SMILES string of the molecule is O=C(O)C(CS)n1ccc2c(cnc3nc(C4CCCCC4)nn32)c1=O. The van der Waals surface area contributed by atoms with Crippen LogP contribution in [0, 0.1) is 0 Å². The van der Waals surface area contributed by atoms with Crippen molar-refractivity contribution >= 4 is 35.3 Å². The van der Waals surface area contributed by atoms with Crippen molar-refractivity contribution in [3.05, 3.63) is 34.6 Å². The lowest BCUT2D eigenvalue weighted by atomic mass is 9.89. The number of hydrogen-bond donors (Lipinski definition) is 2. The van der Waals surface area contributed by atoms with Gasteiger partial charge in [-0.1, -0.05) is 19.3 Å². The van der Waals surface area contributed by atoms with Gasteiger partial charge in [-0.25, -0.2) is 9.78 Å². The Morgan fingerprint density at radius 3 is 2.81 bits per heavy atom. The molecule has 8 nitrogen and oxygen atoms in total. The second kappa shape index (κ2) is 6.71. The Labute approximate surface area is 154 Å². The Balaban J connectivity index is 1.85. The fourth-order valence-corrected chi connectivity index (χ4v) is 3.95. The molecule has 0 spiro atoms. The molecule has 0 bridgehead atoms. The van der Waals surface area contributed by atoms with Crippen molar-refractivity contribution in [3.63, 3.8) is 0 Å². The van der Waals surface area contributed by atoms with Crippen molar-refractivity contribution in [3.8, 4) is 0 Å². The van der Waals surface area contributed by atoms with Gasteiger partial charge in [0.1, 0.15) is 6.04 Å². The van der Waals surface area contributed by atoms with Crippen LogP contribution in [-0.2, 0) is 4.79 Å². The van der Waals surface area contributed by atoms with Gasteiger partial charge in [0.25, 0.3) is 11.3 Å². The second-order valence-corrected chi connectivity index (χ2v) is 7.00. The summed E-state index contributed by atoms with van der Waals surface area (Å²) in [4.78, 5) is 32.9. The lowest BCUT2D eigenvalue weighted by molar-refractivity contribution is -0.140. The van der Waals surface area contributed by atoms with Gasteiger partial charge in [0.05, 0.1) is 10.9 Å². The molecule has 26 heavy (non-hydrogen) atoms. The largest absolute Gasteiger partial charge is 0.480 e. The number of carbonyl (C=O) groups is 1. The molecule has 1 saturated carbocycles. The highest BCUT2D eigenvalue weighted by atomic mass is 32.1. The molecule has 0 aromatic carbocycles. The first-order chi connectivity index (χ1) is 12.6. The summed E-state index contributed by atoms with van der Waals surface area (Å²) < 4.78 is 2.76. The standard InChI is InChI=1S/C17H19N5O3S/c23-15-11-8-18-17-19-14(10-4-2-1-3-5-10)20-22(17)12(11)6-7-21(15)13(9-26)16(24)25/h6-8,10,13,26H,1-5,9H2,(H,24,25). The van der Waals surface area contributed by atoms with Gasteiger partial charge < -0.3 is 5.11 Å². The Bertz CT molecular complexity index is 1040. The molecule has 1 aliphatic carbocycles. The highest BCUT2D eigenvalue weighted by Gasteiger charge is 2.23. The lowest BCUT2D eigenvalue weighted by Gasteiger charge is -2.17. The van der Waals surface area contributed by atoms with Crippen molar-refractivity contribution < 1.29 is 9.90 Å². The molecule has 3 aromatic heterocycles. The summed E-state index contributed by atoms with van der Waals surface area (Å²) in [5, 5.41) is 14.2. The van der Waals surface area contributed by atoms with E-state index in [0.717, 1.165) is 18.7 Å². The lowest BCUT2D eigenvalue weighted by Crippen LogP contribution is -2.31. The van der Waals surface area contributed by atoms with Crippen LogP contribution in [0.25, 0.3) is 16.7 Å². The number of hydrogen-bond acceptors (Lipinski definition) is 6. The number of aliphatic carboxylic acids is 1. The maximum atomic E-state index is 12.7. The smallest absolute Gasteiger partial charge is 0.327 e. The molecule has 0 amide bonds. The predicted molar refractivity (Wildman–Crippen MR) is 98.9 cm³/mol. The molecule has 0 aliphatic heterocycles. The van der Waals surface area contributed by atoms with E-state index in [1.54, 1.807) is 10.6 Å². The third kappa shape index (κ3) is 2.76. The maximum Gasteiger partial charge on any atom is 0.327 e. The van der Waals surface area contributed by atoms with Crippen LogP contribution in [0.4, 0.5) is 0 Å². The van der Waals surface area contributed by atoms with Gasteiger partial charge in [0.15, 0.2) is 5.82 Å². The number of fused-ring (bicyclic) bond motifs is 3. The molecule has 1 atom stereocenters. The van der Waals surface area contributed by atoms with E-state index in [9.17, 15) is 14.7 Å². The van der Waals surface area contributed by atoms with Crippen LogP contribution in [-0.4, -0.2) is 41.0 Å². The van der Waals surface area contributed by atoms with Crippen molar-refractivity contribution in [2.75, 3.05) is 5.75 Å². The molecule has 1 unspecified atom stereocenters. The van der Waals surface area contributed by atoms with Crippen LogP contribution in [0.2, 0.25) is 0 Å². The summed E-state index contributed by atoms with van der Waals surface area (Å²) in [5.74, 6) is 0.482. The van der Waals surface area contributed by atoms with E-state index in [1.807, 2.05) is 0 Å². The third-order valence-corrected chi connectivity index (χ3v) is 5.39. The van der Waals surface area contributed by atoms with E-state index in [1.165, 1.54) is 36.2 Å². The number of aromatic nitrogens is 5. The first-order valence-electron chi connectivity index (χ1n) is 8.70. The number of nitrogens with zero attached hydrogens (tertiary/aromatic N) is 5. The molecule has 3 heterocycles. The fourth-order valence-electron chi connectivity index (χ4n) is 3.61. The number of carboxylic acids is 1. The maximum absolute atomic E-state index is 12.7. The van der Waals surface area contributed by atoms with Crippen LogP contribution >= 0.6 is 12.6 Å². The minimum atomic E-state index is -1.10. The van der Waals surface area contributed by atoms with Crippen LogP contribution in [0.15, 0.2) is 23.3 Å². The minimum absolute atomic E-state index is 0.0194. The fraction of sp³-hybridized carbons (Fsp3) is 0.471. The molecule has 1 fully saturated rings. The molecule has 4 rings (SSSR count). The average molecular weight is 373 g/mol. The van der Waals surface area contributed by atoms with E-state index in [-0.39, 0.29) is 5.75 Å². The molecule has 9 heteroatoms. The number of thiol groups is 1. The second-order valence-electron chi connectivity index (χ2n) is 6.64. The van der Waals surface area contributed by atoms with E-state index in [4.69, 9.17) is 0 Å². The Morgan fingerprint density at radius 1 is 1.35 bits per heavy atom. The van der Waals surface area contributed by atoms with Gasteiger partial charge >= 0.3 is 5.97 Å². The topological polar surface area (TPSA) is 102 Å². The average Bonchev–Trinajstić information content (AvgIpc) is 3.09. The highest BCUT2D eigenvalue weighted by molar-refractivity contribution is 7.80. The highest BCUT2D eigenvalue weighted by Crippen LogP contribution is 2.31. The third-order valence-electron chi connectivity index (χ3n) is 5.04. The summed E-state index contributed by atoms with van der Waals surface area (Å²) >= 11 is 4.05. The van der Waals surface area contributed by atoms with E-state index in [0.29, 0.717) is 22.6 Å². The summed E-state index contributed by atoms with van der Waals surface area (Å²) in [6, 6.07) is 0.656. The summed E-state index contributed by atoms with van der Waals surface area (Å²) in [5.41, 5.74) is 0.155. The summed E-state index contributed by atoms with van der Waals surface area (Å²) in [7, 11) is 0. The Morgan fingerprint density at radius 2 is 2.12 bits per heavy atom. The van der Waals surface area contributed by atoms with Gasteiger partial charge in [-0.15, -0.1) is 5.10 Å². The van der Waals surface area contributed by atoms with Gasteiger partial charge in [-0.2, -0.15) is 22.1 Å². The Hall–Kier alpha value is -2.42. The summed E-state index contributed by atoms with van der Waals surface area (Å²) in [6.07, 6.45) is 8.67. The normalized spacial score (nSPS) is 17.0. The molecule has 136 valence electrons. The number of carboxylic acid groups (broad SMARTS) is 1. The van der Waals surface area contributed by atoms with Gasteiger partial charge in [0, 0.05) is 24.1 Å². The van der Waals surface area contributed by atoms with Crippen LogP contribution in [0.1, 0.15) is 49.9 Å². The van der Waals surface area contributed by atoms with E-state index < -0.39 is 17.6 Å². The molecular weight excluding hydrogens is 354 g/mol. The zero-order chi connectivity index (χ0) is 18.3. The molecule has 1 aliphatic rings. The van der Waals surface area contributed by atoms with Crippen LogP contribution in [0.3, 0.4) is 0 Å².